The van der Waals surface area contributed by atoms with Crippen LogP contribution < -0.4 is 9.62 Å². The number of carbonyl (C=O) groups excluding carboxylic acids is 1. The summed E-state index contributed by atoms with van der Waals surface area (Å²) in [6.45, 7) is 0.292. The van der Waals surface area contributed by atoms with Crippen molar-refractivity contribution in [1.29, 1.82) is 0 Å². The van der Waals surface area contributed by atoms with E-state index in [1.807, 2.05) is 12.1 Å². The lowest BCUT2D eigenvalue weighted by Gasteiger charge is -2.17. The standard InChI is InChI=1S/C24H18ClFN4O3S/c25-20-6-3-16(12-19(20)23-7-2-15-14-27-9-8-22(15)29-23)28-24(31)18-5-4-17(13-21(18)26)30-10-1-11-34(30,32)33/h2-9,12-14H,1,10-11H2,(H,28,31). The molecule has 0 aliphatic carbocycles. The Bertz CT molecular complexity index is 1540. The van der Waals surface area contributed by atoms with Crippen molar-refractivity contribution < 1.29 is 17.6 Å². The summed E-state index contributed by atoms with van der Waals surface area (Å²) in [6, 6.07) is 14.2. The fourth-order valence-corrected chi connectivity index (χ4v) is 5.66. The van der Waals surface area contributed by atoms with Crippen LogP contribution in [-0.2, 0) is 10.0 Å². The highest BCUT2D eigenvalue weighted by molar-refractivity contribution is 7.93. The maximum Gasteiger partial charge on any atom is 0.258 e. The molecule has 3 heterocycles. The van der Waals surface area contributed by atoms with Crippen LogP contribution in [0, 0.1) is 5.82 Å². The van der Waals surface area contributed by atoms with Crippen molar-refractivity contribution in [3.05, 3.63) is 83.4 Å². The SMILES string of the molecule is O=C(Nc1ccc(Cl)c(-c2ccc3cnccc3n2)c1)c1ccc(N2CCCS2(=O)=O)cc1F. The van der Waals surface area contributed by atoms with Gasteiger partial charge in [-0.1, -0.05) is 11.6 Å². The second-order valence-electron chi connectivity index (χ2n) is 7.82. The van der Waals surface area contributed by atoms with Crippen molar-refractivity contribution >= 4 is 49.8 Å². The van der Waals surface area contributed by atoms with Crippen LogP contribution in [-0.4, -0.2) is 36.6 Å². The van der Waals surface area contributed by atoms with Gasteiger partial charge in [0.15, 0.2) is 0 Å². The summed E-state index contributed by atoms with van der Waals surface area (Å²) in [5.41, 5.74) is 2.38. The molecule has 0 bridgehead atoms. The molecule has 1 amide bonds. The number of anilines is 2. The van der Waals surface area contributed by atoms with Crippen molar-refractivity contribution in [2.45, 2.75) is 6.42 Å². The summed E-state index contributed by atoms with van der Waals surface area (Å²) < 4.78 is 40.1. The van der Waals surface area contributed by atoms with Crippen LogP contribution in [0.1, 0.15) is 16.8 Å². The summed E-state index contributed by atoms with van der Waals surface area (Å²) in [4.78, 5) is 21.4. The van der Waals surface area contributed by atoms with Gasteiger partial charge in [0.25, 0.3) is 5.91 Å². The van der Waals surface area contributed by atoms with Crippen molar-refractivity contribution in [1.82, 2.24) is 9.97 Å². The minimum atomic E-state index is -3.44. The highest BCUT2D eigenvalue weighted by Gasteiger charge is 2.29. The third-order valence-corrected chi connectivity index (χ3v) is 7.77. The molecular formula is C24H18ClFN4O3S. The molecular weight excluding hydrogens is 479 g/mol. The maximum atomic E-state index is 14.7. The maximum absolute atomic E-state index is 14.7. The molecule has 0 radical (unpaired) electrons. The summed E-state index contributed by atoms with van der Waals surface area (Å²) in [6.07, 6.45) is 3.84. The number of halogens is 2. The number of nitrogens with one attached hydrogen (secondary N) is 1. The van der Waals surface area contributed by atoms with Gasteiger partial charge in [-0.25, -0.2) is 17.8 Å². The topological polar surface area (TPSA) is 92.3 Å². The summed E-state index contributed by atoms with van der Waals surface area (Å²) >= 11 is 6.38. The van der Waals surface area contributed by atoms with Crippen LogP contribution in [0.2, 0.25) is 5.02 Å². The number of hydrogen-bond donors (Lipinski definition) is 1. The fourth-order valence-electron chi connectivity index (χ4n) is 3.89. The van der Waals surface area contributed by atoms with Gasteiger partial charge in [-0.2, -0.15) is 0 Å². The molecule has 10 heteroatoms. The molecule has 34 heavy (non-hydrogen) atoms. The lowest BCUT2D eigenvalue weighted by molar-refractivity contribution is 0.102. The average Bonchev–Trinajstić information content (AvgIpc) is 3.18. The molecule has 7 nitrogen and oxygen atoms in total. The van der Waals surface area contributed by atoms with Crippen molar-refractivity contribution in [2.75, 3.05) is 21.9 Å². The first-order valence-corrected chi connectivity index (χ1v) is 12.4. The first-order chi connectivity index (χ1) is 16.3. The molecule has 2 aromatic heterocycles. The summed E-state index contributed by atoms with van der Waals surface area (Å²) in [5.74, 6) is -1.45. The Balaban J connectivity index is 1.41. The van der Waals surface area contributed by atoms with Crippen LogP contribution >= 0.6 is 11.6 Å². The molecule has 172 valence electrons. The number of hydrogen-bond acceptors (Lipinski definition) is 5. The van der Waals surface area contributed by atoms with Gasteiger partial charge < -0.3 is 5.32 Å². The second-order valence-corrected chi connectivity index (χ2v) is 10.2. The number of aromatic nitrogens is 2. The van der Waals surface area contributed by atoms with Gasteiger partial charge in [0.1, 0.15) is 5.82 Å². The Morgan fingerprint density at radius 3 is 2.71 bits per heavy atom. The van der Waals surface area contributed by atoms with E-state index in [2.05, 4.69) is 15.3 Å². The quantitative estimate of drug-likeness (QED) is 0.434. The van der Waals surface area contributed by atoms with Gasteiger partial charge in [-0.15, -0.1) is 0 Å². The molecule has 0 atom stereocenters. The van der Waals surface area contributed by atoms with Crippen LogP contribution in [0.15, 0.2) is 67.0 Å². The molecule has 0 saturated carbocycles. The average molecular weight is 497 g/mol. The lowest BCUT2D eigenvalue weighted by Crippen LogP contribution is -2.25. The van der Waals surface area contributed by atoms with Gasteiger partial charge in [-0.05, 0) is 61.0 Å². The monoisotopic (exact) mass is 496 g/mol. The third-order valence-electron chi connectivity index (χ3n) is 5.57. The Kier molecular flexibility index (Phi) is 5.66. The van der Waals surface area contributed by atoms with Crippen molar-refractivity contribution in [3.63, 3.8) is 0 Å². The molecule has 1 saturated heterocycles. The van der Waals surface area contributed by atoms with E-state index in [9.17, 15) is 17.6 Å². The lowest BCUT2D eigenvalue weighted by atomic mass is 10.1. The Morgan fingerprint density at radius 2 is 1.94 bits per heavy atom. The molecule has 0 unspecified atom stereocenters. The molecule has 2 aromatic carbocycles. The van der Waals surface area contributed by atoms with Crippen LogP contribution in [0.25, 0.3) is 22.2 Å². The van der Waals surface area contributed by atoms with Gasteiger partial charge in [0.05, 0.1) is 33.2 Å². The van der Waals surface area contributed by atoms with Crippen LogP contribution in [0.4, 0.5) is 15.8 Å². The van der Waals surface area contributed by atoms with Gasteiger partial charge in [0.2, 0.25) is 10.0 Å². The van der Waals surface area contributed by atoms with Gasteiger partial charge in [-0.3, -0.25) is 14.1 Å². The zero-order valence-electron chi connectivity index (χ0n) is 17.7. The van der Waals surface area contributed by atoms with E-state index in [0.717, 1.165) is 21.3 Å². The number of nitrogens with zero attached hydrogens (tertiary/aromatic N) is 3. The first-order valence-electron chi connectivity index (χ1n) is 10.4. The Hall–Kier alpha value is -3.56. The predicted octanol–water partition coefficient (Wildman–Crippen LogP) is 4.88. The minimum absolute atomic E-state index is 0.0265. The normalized spacial score (nSPS) is 14.9. The van der Waals surface area contributed by atoms with Gasteiger partial charge >= 0.3 is 0 Å². The van der Waals surface area contributed by atoms with E-state index < -0.39 is 21.7 Å². The molecule has 1 fully saturated rings. The molecule has 4 aromatic rings. The number of carbonyl (C=O) groups is 1. The third kappa shape index (κ3) is 4.20. The highest BCUT2D eigenvalue weighted by atomic mass is 35.5. The van der Waals surface area contributed by atoms with E-state index in [1.54, 1.807) is 36.7 Å². The number of sulfonamides is 1. The molecule has 1 aliphatic rings. The van der Waals surface area contributed by atoms with E-state index in [4.69, 9.17) is 11.6 Å². The number of amides is 1. The van der Waals surface area contributed by atoms with E-state index >= 15 is 0 Å². The zero-order chi connectivity index (χ0) is 23.9. The second kappa shape index (κ2) is 8.66. The predicted molar refractivity (Wildman–Crippen MR) is 130 cm³/mol. The zero-order valence-corrected chi connectivity index (χ0v) is 19.3. The summed E-state index contributed by atoms with van der Waals surface area (Å²) in [5, 5.41) is 4.00. The fraction of sp³-hybridized carbons (Fsp3) is 0.125. The number of pyridine rings is 2. The molecule has 0 spiro atoms. The number of benzene rings is 2. The molecule has 5 rings (SSSR count). The Labute approximate surface area is 200 Å². The molecule has 1 aliphatic heterocycles. The van der Waals surface area contributed by atoms with E-state index in [-0.39, 0.29) is 17.0 Å². The largest absolute Gasteiger partial charge is 0.322 e. The highest BCUT2D eigenvalue weighted by Crippen LogP contribution is 2.31. The number of fused-ring (bicyclic) bond motifs is 1. The van der Waals surface area contributed by atoms with Crippen molar-refractivity contribution in [3.8, 4) is 11.3 Å². The van der Waals surface area contributed by atoms with E-state index in [0.29, 0.717) is 34.9 Å². The van der Waals surface area contributed by atoms with Gasteiger partial charge in [0, 0.05) is 35.6 Å². The van der Waals surface area contributed by atoms with Crippen LogP contribution in [0.3, 0.4) is 0 Å². The number of rotatable bonds is 4. The smallest absolute Gasteiger partial charge is 0.258 e. The molecule has 1 N–H and O–H groups in total. The van der Waals surface area contributed by atoms with Crippen LogP contribution in [0.5, 0.6) is 0 Å². The van der Waals surface area contributed by atoms with Crippen molar-refractivity contribution in [2.24, 2.45) is 0 Å². The summed E-state index contributed by atoms with van der Waals surface area (Å²) in [7, 11) is -3.44. The first kappa shape index (κ1) is 22.2. The minimum Gasteiger partial charge on any atom is -0.322 e. The van der Waals surface area contributed by atoms with E-state index in [1.165, 1.54) is 12.1 Å². The Morgan fingerprint density at radius 1 is 1.09 bits per heavy atom.